The van der Waals surface area contributed by atoms with Crippen LogP contribution < -0.4 is 15.8 Å². The Balaban J connectivity index is 1.93. The summed E-state index contributed by atoms with van der Waals surface area (Å²) in [6.07, 6.45) is 1.60. The van der Waals surface area contributed by atoms with Gasteiger partial charge in [0.1, 0.15) is 17.3 Å². The lowest BCUT2D eigenvalue weighted by Crippen LogP contribution is -2.01. The second-order valence-electron chi connectivity index (χ2n) is 4.55. The smallest absolute Gasteiger partial charge is 0.224 e. The molecule has 3 rings (SSSR count). The highest BCUT2D eigenvalue weighted by Gasteiger charge is 2.13. The van der Waals surface area contributed by atoms with Gasteiger partial charge in [-0.05, 0) is 24.3 Å². The van der Waals surface area contributed by atoms with Crippen LogP contribution in [0.3, 0.4) is 0 Å². The summed E-state index contributed by atoms with van der Waals surface area (Å²) in [6.45, 7) is 0. The summed E-state index contributed by atoms with van der Waals surface area (Å²) in [5, 5.41) is 6.89. The van der Waals surface area contributed by atoms with Crippen molar-refractivity contribution in [3.8, 4) is 28.3 Å². The average Bonchev–Trinajstić information content (AvgIpc) is 3.04. The predicted octanol–water partition coefficient (Wildman–Crippen LogP) is 2.43. The number of anilines is 2. The molecule has 0 aliphatic rings. The van der Waals surface area contributed by atoms with Crippen LogP contribution in [0.25, 0.3) is 22.6 Å². The van der Waals surface area contributed by atoms with Crippen molar-refractivity contribution in [2.45, 2.75) is 0 Å². The van der Waals surface area contributed by atoms with Gasteiger partial charge in [-0.15, -0.1) is 0 Å². The Morgan fingerprint density at radius 1 is 1.23 bits per heavy atom. The van der Waals surface area contributed by atoms with Crippen molar-refractivity contribution in [3.63, 3.8) is 0 Å². The molecule has 0 aliphatic heterocycles. The third-order valence-electron chi connectivity index (χ3n) is 3.20. The number of nitrogens with two attached hydrogens (primary N) is 1. The second kappa shape index (κ2) is 5.72. The third-order valence-corrected chi connectivity index (χ3v) is 3.20. The lowest BCUT2D eigenvalue weighted by Gasteiger charge is -2.02. The summed E-state index contributed by atoms with van der Waals surface area (Å²) in [5.41, 5.74) is 8.14. The molecule has 0 fully saturated rings. The molecule has 3 aromatic rings. The monoisotopic (exact) mass is 297 g/mol. The molecular weight excluding hydrogens is 282 g/mol. The Kier molecular flexibility index (Phi) is 3.61. The zero-order chi connectivity index (χ0) is 15.5. The Bertz CT molecular complexity index is 783. The fraction of sp³-hybridized carbons (Fsp3) is 0.133. The number of rotatable bonds is 4. The van der Waals surface area contributed by atoms with E-state index in [0.29, 0.717) is 28.8 Å². The molecule has 7 nitrogen and oxygen atoms in total. The molecule has 0 spiro atoms. The maximum atomic E-state index is 5.92. The number of nitrogen functional groups attached to an aromatic ring is 1. The Morgan fingerprint density at radius 2 is 2.00 bits per heavy atom. The normalized spacial score (nSPS) is 10.5. The second-order valence-corrected chi connectivity index (χ2v) is 4.55. The molecule has 0 saturated carbocycles. The van der Waals surface area contributed by atoms with E-state index in [-0.39, 0.29) is 0 Å². The van der Waals surface area contributed by atoms with Gasteiger partial charge in [-0.25, -0.2) is 4.98 Å². The van der Waals surface area contributed by atoms with E-state index in [0.717, 1.165) is 11.3 Å². The van der Waals surface area contributed by atoms with Gasteiger partial charge in [-0.1, -0.05) is 5.16 Å². The number of hydrogen-bond acceptors (Lipinski definition) is 7. The molecule has 0 atom stereocenters. The molecule has 22 heavy (non-hydrogen) atoms. The maximum absolute atomic E-state index is 5.92. The van der Waals surface area contributed by atoms with Gasteiger partial charge >= 0.3 is 0 Å². The van der Waals surface area contributed by atoms with Gasteiger partial charge in [-0.2, -0.15) is 4.98 Å². The standard InChI is InChI=1S/C15H15N5O2/c1-17-15-18-8-11(14(16)19-15)13-7-12(20-22-13)9-3-5-10(21-2)6-4-9/h3-8H,1-2H3,(H3,16,17,18,19). The van der Waals surface area contributed by atoms with Crippen molar-refractivity contribution in [2.75, 3.05) is 25.2 Å². The minimum Gasteiger partial charge on any atom is -0.497 e. The highest BCUT2D eigenvalue weighted by molar-refractivity contribution is 5.73. The van der Waals surface area contributed by atoms with Crippen molar-refractivity contribution < 1.29 is 9.26 Å². The van der Waals surface area contributed by atoms with Crippen LogP contribution in [0, 0.1) is 0 Å². The van der Waals surface area contributed by atoms with Gasteiger partial charge in [-0.3, -0.25) is 0 Å². The van der Waals surface area contributed by atoms with E-state index < -0.39 is 0 Å². The topological polar surface area (TPSA) is 99.1 Å². The summed E-state index contributed by atoms with van der Waals surface area (Å²) in [5.74, 6) is 2.09. The zero-order valence-corrected chi connectivity index (χ0v) is 12.2. The maximum Gasteiger partial charge on any atom is 0.224 e. The van der Waals surface area contributed by atoms with Crippen LogP contribution in [-0.2, 0) is 0 Å². The molecule has 0 aliphatic carbocycles. The molecule has 2 heterocycles. The highest BCUT2D eigenvalue weighted by atomic mass is 16.5. The molecule has 1 aromatic carbocycles. The van der Waals surface area contributed by atoms with Gasteiger partial charge in [0, 0.05) is 24.9 Å². The number of methoxy groups -OCH3 is 1. The first-order valence-electron chi connectivity index (χ1n) is 6.63. The summed E-state index contributed by atoms with van der Waals surface area (Å²) in [4.78, 5) is 8.26. The summed E-state index contributed by atoms with van der Waals surface area (Å²) in [7, 11) is 3.35. The molecule has 0 radical (unpaired) electrons. The van der Waals surface area contributed by atoms with Gasteiger partial charge < -0.3 is 20.3 Å². The average molecular weight is 297 g/mol. The van der Waals surface area contributed by atoms with E-state index in [1.54, 1.807) is 26.4 Å². The van der Waals surface area contributed by atoms with Gasteiger partial charge in [0.25, 0.3) is 0 Å². The van der Waals surface area contributed by atoms with Crippen LogP contribution in [0.15, 0.2) is 41.1 Å². The summed E-state index contributed by atoms with van der Waals surface area (Å²) >= 11 is 0. The molecule has 112 valence electrons. The number of aromatic nitrogens is 3. The number of nitrogens with one attached hydrogen (secondary N) is 1. The predicted molar refractivity (Wildman–Crippen MR) is 83.5 cm³/mol. The third kappa shape index (κ3) is 2.56. The number of ether oxygens (including phenoxy) is 1. The van der Waals surface area contributed by atoms with Crippen molar-refractivity contribution in [1.29, 1.82) is 0 Å². The quantitative estimate of drug-likeness (QED) is 0.763. The molecule has 7 heteroatoms. The molecule has 0 unspecified atom stereocenters. The molecule has 0 saturated heterocycles. The molecular formula is C15H15N5O2. The molecule has 0 amide bonds. The van der Waals surface area contributed by atoms with Crippen molar-refractivity contribution in [3.05, 3.63) is 36.5 Å². The largest absolute Gasteiger partial charge is 0.497 e. The highest BCUT2D eigenvalue weighted by Crippen LogP contribution is 2.29. The van der Waals surface area contributed by atoms with Crippen LogP contribution in [0.4, 0.5) is 11.8 Å². The number of benzene rings is 1. The van der Waals surface area contributed by atoms with E-state index in [2.05, 4.69) is 20.4 Å². The SMILES string of the molecule is CNc1ncc(-c2cc(-c3ccc(OC)cc3)no2)c(N)n1. The van der Waals surface area contributed by atoms with E-state index in [9.17, 15) is 0 Å². The van der Waals surface area contributed by atoms with Crippen LogP contribution in [0.5, 0.6) is 5.75 Å². The lowest BCUT2D eigenvalue weighted by atomic mass is 10.1. The first-order chi connectivity index (χ1) is 10.7. The van der Waals surface area contributed by atoms with E-state index >= 15 is 0 Å². The number of nitrogens with zero attached hydrogens (tertiary/aromatic N) is 3. The van der Waals surface area contributed by atoms with Crippen LogP contribution in [-0.4, -0.2) is 29.3 Å². The fourth-order valence-corrected chi connectivity index (χ4v) is 2.01. The van der Waals surface area contributed by atoms with Crippen LogP contribution in [0.2, 0.25) is 0 Å². The van der Waals surface area contributed by atoms with Crippen molar-refractivity contribution in [1.82, 2.24) is 15.1 Å². The Labute approximate surface area is 127 Å². The summed E-state index contributed by atoms with van der Waals surface area (Å²) < 4.78 is 10.5. The van der Waals surface area contributed by atoms with Crippen molar-refractivity contribution in [2.24, 2.45) is 0 Å². The lowest BCUT2D eigenvalue weighted by molar-refractivity contribution is 0.415. The van der Waals surface area contributed by atoms with Gasteiger partial charge in [0.2, 0.25) is 5.95 Å². The minimum atomic E-state index is 0.330. The molecule has 0 bridgehead atoms. The van der Waals surface area contributed by atoms with E-state index in [1.807, 2.05) is 24.3 Å². The first-order valence-corrected chi connectivity index (χ1v) is 6.63. The van der Waals surface area contributed by atoms with Crippen LogP contribution >= 0.6 is 0 Å². The zero-order valence-electron chi connectivity index (χ0n) is 12.2. The van der Waals surface area contributed by atoms with Crippen molar-refractivity contribution >= 4 is 11.8 Å². The summed E-state index contributed by atoms with van der Waals surface area (Å²) in [6, 6.07) is 9.34. The van der Waals surface area contributed by atoms with Gasteiger partial charge in [0.15, 0.2) is 5.76 Å². The first kappa shape index (κ1) is 13.9. The molecule has 2 aromatic heterocycles. The molecule has 3 N–H and O–H groups in total. The number of hydrogen-bond donors (Lipinski definition) is 2. The Morgan fingerprint density at radius 3 is 2.64 bits per heavy atom. The Hall–Kier alpha value is -3.09. The minimum absolute atomic E-state index is 0.330. The fourth-order valence-electron chi connectivity index (χ4n) is 2.01. The van der Waals surface area contributed by atoms with E-state index in [1.165, 1.54) is 0 Å². The van der Waals surface area contributed by atoms with Gasteiger partial charge in [0.05, 0.1) is 12.7 Å². The van der Waals surface area contributed by atoms with E-state index in [4.69, 9.17) is 15.0 Å². The van der Waals surface area contributed by atoms with Crippen LogP contribution in [0.1, 0.15) is 0 Å².